The van der Waals surface area contributed by atoms with Crippen molar-refractivity contribution in [2.75, 3.05) is 6.54 Å². The molecule has 0 bridgehead atoms. The summed E-state index contributed by atoms with van der Waals surface area (Å²) >= 11 is 0. The van der Waals surface area contributed by atoms with Crippen LogP contribution in [-0.4, -0.2) is 22.7 Å². The van der Waals surface area contributed by atoms with Gasteiger partial charge < -0.3 is 15.5 Å². The van der Waals surface area contributed by atoms with Gasteiger partial charge in [0.1, 0.15) is 17.1 Å². The number of carbonyl (C=O) groups is 1. The molecule has 0 saturated carbocycles. The normalized spacial score (nSPS) is 10.5. The molecule has 94 valence electrons. The van der Waals surface area contributed by atoms with Gasteiger partial charge in [0.15, 0.2) is 0 Å². The fourth-order valence-electron chi connectivity index (χ4n) is 1.56. The van der Waals surface area contributed by atoms with E-state index in [4.69, 9.17) is 0 Å². The molecule has 1 aromatic carbocycles. The van der Waals surface area contributed by atoms with Crippen molar-refractivity contribution in [2.24, 2.45) is 5.92 Å². The molecular weight excluding hydrogens is 218 g/mol. The minimum absolute atomic E-state index is 0.0583. The molecule has 1 aromatic rings. The molecular formula is C13H19NO3. The zero-order chi connectivity index (χ0) is 12.8. The number of rotatable bonds is 5. The molecule has 4 nitrogen and oxygen atoms in total. The predicted octanol–water partition coefficient (Wildman–Crippen LogP) is 2.26. The van der Waals surface area contributed by atoms with Gasteiger partial charge in [-0.25, -0.2) is 0 Å². The highest BCUT2D eigenvalue weighted by molar-refractivity contribution is 5.99. The standard InChI is InChI=1S/C13H19NO3/c1-9(2)5-4-8-14-13(17)12-10(15)6-3-7-11(12)16/h3,6-7,9,15-16H,4-5,8H2,1-2H3,(H,14,17). The van der Waals surface area contributed by atoms with E-state index in [0.29, 0.717) is 12.5 Å². The minimum atomic E-state index is -0.440. The lowest BCUT2D eigenvalue weighted by molar-refractivity contribution is 0.0947. The number of phenolic OH excluding ortho intramolecular Hbond substituents is 2. The third-order valence-corrected chi connectivity index (χ3v) is 2.49. The summed E-state index contributed by atoms with van der Waals surface area (Å²) in [6, 6.07) is 4.24. The Morgan fingerprint density at radius 1 is 1.29 bits per heavy atom. The highest BCUT2D eigenvalue weighted by Gasteiger charge is 2.14. The van der Waals surface area contributed by atoms with Crippen molar-refractivity contribution in [1.29, 1.82) is 0 Å². The van der Waals surface area contributed by atoms with Gasteiger partial charge >= 0.3 is 0 Å². The summed E-state index contributed by atoms with van der Waals surface area (Å²) in [4.78, 5) is 11.7. The van der Waals surface area contributed by atoms with E-state index in [1.54, 1.807) is 0 Å². The zero-order valence-corrected chi connectivity index (χ0v) is 10.2. The van der Waals surface area contributed by atoms with E-state index in [2.05, 4.69) is 19.2 Å². The van der Waals surface area contributed by atoms with Gasteiger partial charge in [0.2, 0.25) is 0 Å². The zero-order valence-electron chi connectivity index (χ0n) is 10.2. The monoisotopic (exact) mass is 237 g/mol. The Balaban J connectivity index is 2.53. The van der Waals surface area contributed by atoms with E-state index in [1.165, 1.54) is 18.2 Å². The highest BCUT2D eigenvalue weighted by Crippen LogP contribution is 2.25. The second-order valence-electron chi connectivity index (χ2n) is 4.46. The predicted molar refractivity (Wildman–Crippen MR) is 66.2 cm³/mol. The van der Waals surface area contributed by atoms with Crippen LogP contribution in [0.3, 0.4) is 0 Å². The first-order chi connectivity index (χ1) is 8.02. The van der Waals surface area contributed by atoms with Gasteiger partial charge in [-0.3, -0.25) is 4.79 Å². The summed E-state index contributed by atoms with van der Waals surface area (Å²) in [7, 11) is 0. The third kappa shape index (κ3) is 3.98. The maximum atomic E-state index is 11.7. The Labute approximate surface area is 101 Å². The fourth-order valence-corrected chi connectivity index (χ4v) is 1.56. The topological polar surface area (TPSA) is 69.6 Å². The molecule has 4 heteroatoms. The number of nitrogens with one attached hydrogen (secondary N) is 1. The molecule has 0 spiro atoms. The number of phenols is 2. The van der Waals surface area contributed by atoms with Crippen molar-refractivity contribution in [1.82, 2.24) is 5.32 Å². The number of hydrogen-bond acceptors (Lipinski definition) is 3. The average Bonchev–Trinajstić information content (AvgIpc) is 2.24. The number of amides is 1. The van der Waals surface area contributed by atoms with Crippen molar-refractivity contribution in [3.63, 3.8) is 0 Å². The van der Waals surface area contributed by atoms with Crippen molar-refractivity contribution in [2.45, 2.75) is 26.7 Å². The molecule has 0 aliphatic carbocycles. The molecule has 0 heterocycles. The first-order valence-electron chi connectivity index (χ1n) is 5.81. The molecule has 0 aromatic heterocycles. The maximum Gasteiger partial charge on any atom is 0.258 e. The van der Waals surface area contributed by atoms with Gasteiger partial charge in [-0.05, 0) is 30.9 Å². The Morgan fingerprint density at radius 3 is 2.41 bits per heavy atom. The van der Waals surface area contributed by atoms with E-state index < -0.39 is 5.91 Å². The van der Waals surface area contributed by atoms with Crippen LogP contribution in [0.4, 0.5) is 0 Å². The summed E-state index contributed by atoms with van der Waals surface area (Å²) in [5, 5.41) is 21.6. The third-order valence-electron chi connectivity index (χ3n) is 2.49. The summed E-state index contributed by atoms with van der Waals surface area (Å²) in [6.07, 6.45) is 1.92. The Kier molecular flexibility index (Phi) is 4.82. The first-order valence-corrected chi connectivity index (χ1v) is 5.81. The van der Waals surface area contributed by atoms with E-state index in [0.717, 1.165) is 12.8 Å². The lowest BCUT2D eigenvalue weighted by Gasteiger charge is -2.09. The van der Waals surface area contributed by atoms with Gasteiger partial charge in [0, 0.05) is 6.54 Å². The van der Waals surface area contributed by atoms with E-state index in [1.807, 2.05) is 0 Å². The summed E-state index contributed by atoms with van der Waals surface area (Å²) in [6.45, 7) is 4.79. The molecule has 3 N–H and O–H groups in total. The van der Waals surface area contributed by atoms with E-state index in [-0.39, 0.29) is 17.1 Å². The van der Waals surface area contributed by atoms with Crippen LogP contribution in [0, 0.1) is 5.92 Å². The van der Waals surface area contributed by atoms with E-state index in [9.17, 15) is 15.0 Å². The lowest BCUT2D eigenvalue weighted by Crippen LogP contribution is -2.24. The second kappa shape index (κ2) is 6.13. The highest BCUT2D eigenvalue weighted by atomic mass is 16.3. The van der Waals surface area contributed by atoms with Crippen LogP contribution in [0.15, 0.2) is 18.2 Å². The van der Waals surface area contributed by atoms with Crippen LogP contribution in [0.1, 0.15) is 37.0 Å². The molecule has 0 aliphatic rings. The van der Waals surface area contributed by atoms with Gasteiger partial charge in [0.05, 0.1) is 0 Å². The molecule has 17 heavy (non-hydrogen) atoms. The van der Waals surface area contributed by atoms with Crippen molar-refractivity contribution < 1.29 is 15.0 Å². The Hall–Kier alpha value is -1.71. The molecule has 0 atom stereocenters. The molecule has 0 unspecified atom stereocenters. The van der Waals surface area contributed by atoms with E-state index >= 15 is 0 Å². The molecule has 0 radical (unpaired) electrons. The van der Waals surface area contributed by atoms with Crippen LogP contribution in [0.5, 0.6) is 11.5 Å². The van der Waals surface area contributed by atoms with Crippen LogP contribution < -0.4 is 5.32 Å². The van der Waals surface area contributed by atoms with Gasteiger partial charge in [0.25, 0.3) is 5.91 Å². The van der Waals surface area contributed by atoms with Crippen LogP contribution in [0.2, 0.25) is 0 Å². The summed E-state index contributed by atoms with van der Waals surface area (Å²) in [5.41, 5.74) is -0.0583. The molecule has 1 rings (SSSR count). The molecule has 0 aliphatic heterocycles. The van der Waals surface area contributed by atoms with Crippen molar-refractivity contribution in [3.8, 4) is 11.5 Å². The van der Waals surface area contributed by atoms with Gasteiger partial charge in [-0.1, -0.05) is 19.9 Å². The summed E-state index contributed by atoms with van der Waals surface area (Å²) < 4.78 is 0. The average molecular weight is 237 g/mol. The Morgan fingerprint density at radius 2 is 1.88 bits per heavy atom. The van der Waals surface area contributed by atoms with Crippen molar-refractivity contribution in [3.05, 3.63) is 23.8 Å². The molecule has 0 fully saturated rings. The van der Waals surface area contributed by atoms with Crippen LogP contribution >= 0.6 is 0 Å². The van der Waals surface area contributed by atoms with Gasteiger partial charge in [-0.15, -0.1) is 0 Å². The SMILES string of the molecule is CC(C)CCCNC(=O)c1c(O)cccc1O. The van der Waals surface area contributed by atoms with Crippen LogP contribution in [0.25, 0.3) is 0 Å². The first kappa shape index (κ1) is 13.4. The Bertz CT molecular complexity index is 368. The minimum Gasteiger partial charge on any atom is -0.507 e. The van der Waals surface area contributed by atoms with Crippen LogP contribution in [-0.2, 0) is 0 Å². The van der Waals surface area contributed by atoms with Crippen molar-refractivity contribution >= 4 is 5.91 Å². The fraction of sp³-hybridized carbons (Fsp3) is 0.462. The quantitative estimate of drug-likeness (QED) is 0.688. The number of carbonyl (C=O) groups excluding carboxylic acids is 1. The lowest BCUT2D eigenvalue weighted by atomic mass is 10.1. The number of hydrogen-bond donors (Lipinski definition) is 3. The molecule has 1 amide bonds. The summed E-state index contributed by atoms with van der Waals surface area (Å²) in [5.74, 6) is -0.243. The molecule has 0 saturated heterocycles. The maximum absolute atomic E-state index is 11.7. The smallest absolute Gasteiger partial charge is 0.258 e. The number of aromatic hydroxyl groups is 2. The largest absolute Gasteiger partial charge is 0.507 e. The van der Waals surface area contributed by atoms with Gasteiger partial charge in [-0.2, -0.15) is 0 Å². The number of benzene rings is 1. The second-order valence-corrected chi connectivity index (χ2v) is 4.46.